The molecule has 1 aliphatic carbocycles. The zero-order valence-corrected chi connectivity index (χ0v) is 6.14. The van der Waals surface area contributed by atoms with Crippen molar-refractivity contribution in [1.82, 2.24) is 4.90 Å². The van der Waals surface area contributed by atoms with E-state index in [1.54, 1.807) is 0 Å². The number of fused-ring (bicyclic) bond motifs is 1. The Morgan fingerprint density at radius 2 is 2.00 bits per heavy atom. The summed E-state index contributed by atoms with van der Waals surface area (Å²) < 4.78 is 0. The zero-order chi connectivity index (χ0) is 6.27. The molecule has 1 heterocycles. The van der Waals surface area contributed by atoms with E-state index in [0.29, 0.717) is 0 Å². The van der Waals surface area contributed by atoms with Gasteiger partial charge in [-0.25, -0.2) is 0 Å². The summed E-state index contributed by atoms with van der Waals surface area (Å²) in [7, 11) is 2.26. The van der Waals surface area contributed by atoms with Gasteiger partial charge in [0.05, 0.1) is 0 Å². The van der Waals surface area contributed by atoms with Crippen LogP contribution in [0.2, 0.25) is 0 Å². The zero-order valence-electron chi connectivity index (χ0n) is 6.14. The summed E-state index contributed by atoms with van der Waals surface area (Å²) in [5.74, 6) is 1.09. The predicted octanol–water partition coefficient (Wildman–Crippen LogP) is 1.49. The average molecular weight is 125 g/mol. The van der Waals surface area contributed by atoms with Crippen molar-refractivity contribution in [3.8, 4) is 0 Å². The van der Waals surface area contributed by atoms with Crippen LogP contribution in [0.4, 0.5) is 0 Å². The summed E-state index contributed by atoms with van der Waals surface area (Å²) in [6, 6.07) is 0.985. The number of hydrogen-bond donors (Lipinski definition) is 0. The van der Waals surface area contributed by atoms with Crippen molar-refractivity contribution in [2.45, 2.75) is 31.7 Å². The minimum atomic E-state index is 0.985. The fourth-order valence-electron chi connectivity index (χ4n) is 2.35. The molecule has 1 aliphatic heterocycles. The first-order valence-electron chi connectivity index (χ1n) is 4.08. The molecule has 0 aromatic heterocycles. The van der Waals surface area contributed by atoms with E-state index in [9.17, 15) is 0 Å². The first-order chi connectivity index (χ1) is 4.38. The van der Waals surface area contributed by atoms with Crippen LogP contribution < -0.4 is 0 Å². The second-order valence-electron chi connectivity index (χ2n) is 3.55. The number of hydrogen-bond acceptors (Lipinski definition) is 1. The lowest BCUT2D eigenvalue weighted by atomic mass is 9.77. The van der Waals surface area contributed by atoms with Gasteiger partial charge in [0.1, 0.15) is 0 Å². The Hall–Kier alpha value is -0.0400. The Morgan fingerprint density at radius 1 is 1.22 bits per heavy atom. The molecule has 1 saturated carbocycles. The molecular weight excluding hydrogens is 110 g/mol. The number of likely N-dealkylation sites (tertiary alicyclic amines) is 1. The molecule has 0 aromatic rings. The number of nitrogens with zero attached hydrogens (tertiary/aromatic N) is 1. The lowest BCUT2D eigenvalue weighted by molar-refractivity contribution is 0.00885. The van der Waals surface area contributed by atoms with Crippen molar-refractivity contribution in [3.05, 3.63) is 0 Å². The molecule has 1 saturated heterocycles. The van der Waals surface area contributed by atoms with Crippen molar-refractivity contribution in [3.63, 3.8) is 0 Å². The fraction of sp³-hybridized carbons (Fsp3) is 1.00. The summed E-state index contributed by atoms with van der Waals surface area (Å²) in [5, 5.41) is 0. The van der Waals surface area contributed by atoms with Gasteiger partial charge in [0.2, 0.25) is 0 Å². The van der Waals surface area contributed by atoms with E-state index >= 15 is 0 Å². The third-order valence-corrected chi connectivity index (χ3v) is 2.96. The maximum Gasteiger partial charge on any atom is 0.0133 e. The molecule has 1 nitrogen and oxygen atoms in total. The molecule has 9 heavy (non-hydrogen) atoms. The van der Waals surface area contributed by atoms with Crippen molar-refractivity contribution >= 4 is 0 Å². The quantitative estimate of drug-likeness (QED) is 0.474. The molecule has 0 bridgehead atoms. The highest BCUT2D eigenvalue weighted by atomic mass is 15.2. The molecule has 1 heteroatoms. The summed E-state index contributed by atoms with van der Waals surface area (Å²) in [6.45, 7) is 1.38. The van der Waals surface area contributed by atoms with Crippen LogP contribution in [0.3, 0.4) is 0 Å². The molecule has 2 atom stereocenters. The van der Waals surface area contributed by atoms with Crippen LogP contribution in [0.25, 0.3) is 0 Å². The molecule has 0 unspecified atom stereocenters. The summed E-state index contributed by atoms with van der Waals surface area (Å²) in [6.07, 6.45) is 5.96. The van der Waals surface area contributed by atoms with Crippen LogP contribution in [-0.4, -0.2) is 24.5 Å². The SMILES string of the molecule is CN1C[C@@H]2CCCC[C@@H]21. The maximum atomic E-state index is 2.50. The second kappa shape index (κ2) is 1.98. The lowest BCUT2D eigenvalue weighted by Gasteiger charge is -2.49. The highest BCUT2D eigenvalue weighted by molar-refractivity contribution is 4.91. The third-order valence-electron chi connectivity index (χ3n) is 2.96. The van der Waals surface area contributed by atoms with E-state index in [-0.39, 0.29) is 0 Å². The Balaban J connectivity index is 1.94. The largest absolute Gasteiger partial charge is 0.303 e. The Kier molecular flexibility index (Phi) is 1.26. The minimum Gasteiger partial charge on any atom is -0.303 e. The first-order valence-corrected chi connectivity index (χ1v) is 4.08. The van der Waals surface area contributed by atoms with Crippen molar-refractivity contribution in [2.24, 2.45) is 5.92 Å². The third kappa shape index (κ3) is 0.787. The first kappa shape index (κ1) is 5.72. The van der Waals surface area contributed by atoms with Gasteiger partial charge in [0.25, 0.3) is 0 Å². The smallest absolute Gasteiger partial charge is 0.0133 e. The van der Waals surface area contributed by atoms with Crippen LogP contribution in [0.1, 0.15) is 25.7 Å². The Labute approximate surface area is 57.0 Å². The van der Waals surface area contributed by atoms with Crippen molar-refractivity contribution in [2.75, 3.05) is 13.6 Å². The average Bonchev–Trinajstić information content (AvgIpc) is 1.86. The van der Waals surface area contributed by atoms with Gasteiger partial charge in [-0.05, 0) is 25.8 Å². The van der Waals surface area contributed by atoms with Gasteiger partial charge in [-0.2, -0.15) is 0 Å². The predicted molar refractivity (Wildman–Crippen MR) is 38.4 cm³/mol. The normalized spacial score (nSPS) is 43.7. The second-order valence-corrected chi connectivity index (χ2v) is 3.55. The lowest BCUT2D eigenvalue weighted by Crippen LogP contribution is -2.54. The van der Waals surface area contributed by atoms with Gasteiger partial charge in [-0.3, -0.25) is 0 Å². The van der Waals surface area contributed by atoms with Gasteiger partial charge in [0, 0.05) is 12.6 Å². The molecule has 0 N–H and O–H groups in total. The van der Waals surface area contributed by atoms with Gasteiger partial charge in [0.15, 0.2) is 0 Å². The Bertz CT molecular complexity index is 109. The van der Waals surface area contributed by atoms with Gasteiger partial charge >= 0.3 is 0 Å². The topological polar surface area (TPSA) is 3.24 Å². The highest BCUT2D eigenvalue weighted by Gasteiger charge is 2.36. The molecule has 0 amide bonds. The van der Waals surface area contributed by atoms with Crippen molar-refractivity contribution in [1.29, 1.82) is 0 Å². The molecule has 0 aromatic carbocycles. The number of rotatable bonds is 0. The van der Waals surface area contributed by atoms with Crippen LogP contribution in [0.5, 0.6) is 0 Å². The molecular formula is C8H15N. The van der Waals surface area contributed by atoms with Crippen LogP contribution in [0.15, 0.2) is 0 Å². The van der Waals surface area contributed by atoms with E-state index in [2.05, 4.69) is 11.9 Å². The van der Waals surface area contributed by atoms with Crippen LogP contribution in [0, 0.1) is 5.92 Å². The fourth-order valence-corrected chi connectivity index (χ4v) is 2.35. The van der Waals surface area contributed by atoms with E-state index in [1.807, 2.05) is 0 Å². The van der Waals surface area contributed by atoms with Gasteiger partial charge < -0.3 is 4.90 Å². The minimum absolute atomic E-state index is 0.985. The van der Waals surface area contributed by atoms with Gasteiger partial charge in [-0.15, -0.1) is 0 Å². The summed E-state index contributed by atoms with van der Waals surface area (Å²) in [4.78, 5) is 2.50. The van der Waals surface area contributed by atoms with E-state index in [0.717, 1.165) is 12.0 Å². The maximum absolute atomic E-state index is 2.50. The van der Waals surface area contributed by atoms with E-state index in [1.165, 1.54) is 32.2 Å². The van der Waals surface area contributed by atoms with Crippen LogP contribution >= 0.6 is 0 Å². The molecule has 0 radical (unpaired) electrons. The summed E-state index contributed by atoms with van der Waals surface area (Å²) in [5.41, 5.74) is 0. The van der Waals surface area contributed by atoms with E-state index < -0.39 is 0 Å². The molecule has 2 rings (SSSR count). The Morgan fingerprint density at radius 3 is 2.56 bits per heavy atom. The van der Waals surface area contributed by atoms with E-state index in [4.69, 9.17) is 0 Å². The van der Waals surface area contributed by atoms with Crippen LogP contribution in [-0.2, 0) is 0 Å². The molecule has 2 aliphatic rings. The van der Waals surface area contributed by atoms with Gasteiger partial charge in [-0.1, -0.05) is 12.8 Å². The summed E-state index contributed by atoms with van der Waals surface area (Å²) >= 11 is 0. The highest BCUT2D eigenvalue weighted by Crippen LogP contribution is 2.35. The standard InChI is InChI=1S/C8H15N/c1-9-6-7-4-2-3-5-8(7)9/h7-8H,2-6H2,1H3/t7-,8-/m0/s1. The van der Waals surface area contributed by atoms with Crippen molar-refractivity contribution < 1.29 is 0 Å². The molecule has 2 fully saturated rings. The molecule has 52 valence electrons. The molecule has 0 spiro atoms. The monoisotopic (exact) mass is 125 g/mol.